The van der Waals surface area contributed by atoms with Gasteiger partial charge in [-0.15, -0.1) is 0 Å². The molecule has 6 nitrogen and oxygen atoms in total. The molecule has 1 aromatic rings. The van der Waals surface area contributed by atoms with Crippen molar-refractivity contribution in [3.63, 3.8) is 0 Å². The van der Waals surface area contributed by atoms with Crippen LogP contribution in [0.3, 0.4) is 0 Å². The second-order valence-corrected chi connectivity index (χ2v) is 4.81. The summed E-state index contributed by atoms with van der Waals surface area (Å²) in [4.78, 5) is 14.7. The van der Waals surface area contributed by atoms with Crippen LogP contribution in [0.2, 0.25) is 0 Å². The molecule has 110 valence electrons. The molecule has 1 atom stereocenters. The van der Waals surface area contributed by atoms with E-state index in [2.05, 4.69) is 4.90 Å². The van der Waals surface area contributed by atoms with Crippen molar-refractivity contribution < 1.29 is 19.4 Å². The number of methoxy groups -OCH3 is 2. The SMILES string of the molecule is COc1ccc(N2CCN(C(=O)O)C(C)C2)cc1OC. The molecule has 1 amide bonds. The van der Waals surface area contributed by atoms with Gasteiger partial charge in [0, 0.05) is 37.4 Å². The number of benzene rings is 1. The van der Waals surface area contributed by atoms with Gasteiger partial charge in [-0.25, -0.2) is 4.79 Å². The highest BCUT2D eigenvalue weighted by molar-refractivity contribution is 5.66. The summed E-state index contributed by atoms with van der Waals surface area (Å²) in [5.41, 5.74) is 1.01. The zero-order valence-corrected chi connectivity index (χ0v) is 12.0. The molecule has 2 rings (SSSR count). The fourth-order valence-corrected chi connectivity index (χ4v) is 2.50. The van der Waals surface area contributed by atoms with Gasteiger partial charge in [0.15, 0.2) is 11.5 Å². The smallest absolute Gasteiger partial charge is 0.407 e. The molecular formula is C14H20N2O4. The molecule has 6 heteroatoms. The van der Waals surface area contributed by atoms with Gasteiger partial charge < -0.3 is 24.4 Å². The number of hydrogen-bond acceptors (Lipinski definition) is 4. The molecule has 1 N–H and O–H groups in total. The van der Waals surface area contributed by atoms with Crippen molar-refractivity contribution in [3.8, 4) is 11.5 Å². The summed E-state index contributed by atoms with van der Waals surface area (Å²) in [6.45, 7) is 3.76. The molecule has 0 aromatic heterocycles. The Morgan fingerprint density at radius 3 is 2.50 bits per heavy atom. The lowest BCUT2D eigenvalue weighted by Crippen LogP contribution is -2.53. The molecule has 0 aliphatic carbocycles. The Hall–Kier alpha value is -2.11. The van der Waals surface area contributed by atoms with Crippen molar-refractivity contribution in [2.24, 2.45) is 0 Å². The average Bonchev–Trinajstić information content (AvgIpc) is 2.45. The van der Waals surface area contributed by atoms with E-state index < -0.39 is 6.09 Å². The number of carbonyl (C=O) groups is 1. The normalized spacial score (nSPS) is 18.9. The average molecular weight is 280 g/mol. The van der Waals surface area contributed by atoms with E-state index in [1.807, 2.05) is 25.1 Å². The Morgan fingerprint density at radius 1 is 1.25 bits per heavy atom. The predicted molar refractivity (Wildman–Crippen MR) is 76.0 cm³/mol. The standard InChI is InChI=1S/C14H20N2O4/c1-10-9-15(6-7-16(10)14(17)18)11-4-5-12(19-2)13(8-11)20-3/h4-5,8,10H,6-7,9H2,1-3H3,(H,17,18). The molecule has 0 saturated carbocycles. The molecule has 1 aliphatic heterocycles. The second kappa shape index (κ2) is 5.90. The summed E-state index contributed by atoms with van der Waals surface area (Å²) in [6.07, 6.45) is -0.857. The lowest BCUT2D eigenvalue weighted by molar-refractivity contribution is 0.122. The minimum absolute atomic E-state index is 0.0330. The van der Waals surface area contributed by atoms with Gasteiger partial charge in [0.25, 0.3) is 0 Å². The highest BCUT2D eigenvalue weighted by Gasteiger charge is 2.27. The lowest BCUT2D eigenvalue weighted by Gasteiger charge is -2.39. The number of carboxylic acid groups (broad SMARTS) is 1. The topological polar surface area (TPSA) is 62.2 Å². The van der Waals surface area contributed by atoms with Crippen molar-refractivity contribution >= 4 is 11.8 Å². The van der Waals surface area contributed by atoms with E-state index in [0.29, 0.717) is 31.1 Å². The van der Waals surface area contributed by atoms with Gasteiger partial charge in [-0.1, -0.05) is 0 Å². The maximum atomic E-state index is 11.1. The number of amides is 1. The molecule has 1 heterocycles. The van der Waals surface area contributed by atoms with Crippen LogP contribution >= 0.6 is 0 Å². The summed E-state index contributed by atoms with van der Waals surface area (Å²) in [6, 6.07) is 5.71. The molecule has 0 radical (unpaired) electrons. The number of hydrogen-bond donors (Lipinski definition) is 1. The zero-order chi connectivity index (χ0) is 14.7. The van der Waals surface area contributed by atoms with Crippen molar-refractivity contribution in [2.75, 3.05) is 38.8 Å². The van der Waals surface area contributed by atoms with E-state index in [0.717, 1.165) is 5.69 Å². The fraction of sp³-hybridized carbons (Fsp3) is 0.500. The summed E-state index contributed by atoms with van der Waals surface area (Å²) in [5, 5.41) is 9.09. The van der Waals surface area contributed by atoms with Crippen LogP contribution in [0, 0.1) is 0 Å². The molecule has 20 heavy (non-hydrogen) atoms. The second-order valence-electron chi connectivity index (χ2n) is 4.81. The Balaban J connectivity index is 2.15. The maximum absolute atomic E-state index is 11.1. The Kier molecular flexibility index (Phi) is 4.22. The minimum atomic E-state index is -0.857. The summed E-state index contributed by atoms with van der Waals surface area (Å²) >= 11 is 0. The fourth-order valence-electron chi connectivity index (χ4n) is 2.50. The Labute approximate surface area is 118 Å². The first kappa shape index (κ1) is 14.3. The molecule has 1 saturated heterocycles. The molecule has 0 bridgehead atoms. The van der Waals surface area contributed by atoms with Crippen LogP contribution in [-0.4, -0.2) is 56.0 Å². The third-order valence-corrected chi connectivity index (χ3v) is 3.61. The highest BCUT2D eigenvalue weighted by atomic mass is 16.5. The molecule has 1 fully saturated rings. The third-order valence-electron chi connectivity index (χ3n) is 3.61. The summed E-state index contributed by atoms with van der Waals surface area (Å²) in [5.74, 6) is 1.37. The number of anilines is 1. The summed E-state index contributed by atoms with van der Waals surface area (Å²) < 4.78 is 10.5. The van der Waals surface area contributed by atoms with Crippen LogP contribution in [0.1, 0.15) is 6.92 Å². The van der Waals surface area contributed by atoms with Gasteiger partial charge in [-0.3, -0.25) is 0 Å². The van der Waals surface area contributed by atoms with E-state index in [-0.39, 0.29) is 6.04 Å². The maximum Gasteiger partial charge on any atom is 0.407 e. The van der Waals surface area contributed by atoms with Crippen LogP contribution in [0.4, 0.5) is 10.5 Å². The van der Waals surface area contributed by atoms with Gasteiger partial charge >= 0.3 is 6.09 Å². The van der Waals surface area contributed by atoms with Crippen LogP contribution in [-0.2, 0) is 0 Å². The third kappa shape index (κ3) is 2.74. The first-order chi connectivity index (χ1) is 9.56. The van der Waals surface area contributed by atoms with Crippen LogP contribution in [0.5, 0.6) is 11.5 Å². The molecular weight excluding hydrogens is 260 g/mol. The van der Waals surface area contributed by atoms with Crippen LogP contribution in [0.25, 0.3) is 0 Å². The Bertz CT molecular complexity index is 492. The van der Waals surface area contributed by atoms with E-state index in [1.54, 1.807) is 14.2 Å². The van der Waals surface area contributed by atoms with Gasteiger partial charge in [-0.2, -0.15) is 0 Å². The summed E-state index contributed by atoms with van der Waals surface area (Å²) in [7, 11) is 3.21. The first-order valence-electron chi connectivity index (χ1n) is 6.53. The number of nitrogens with zero attached hydrogens (tertiary/aromatic N) is 2. The predicted octanol–water partition coefficient (Wildman–Crippen LogP) is 1.89. The number of rotatable bonds is 3. The molecule has 1 aromatic carbocycles. The van der Waals surface area contributed by atoms with Crippen LogP contribution in [0.15, 0.2) is 18.2 Å². The van der Waals surface area contributed by atoms with Gasteiger partial charge in [0.05, 0.1) is 14.2 Å². The van der Waals surface area contributed by atoms with E-state index in [1.165, 1.54) is 4.90 Å². The Morgan fingerprint density at radius 2 is 1.95 bits per heavy atom. The minimum Gasteiger partial charge on any atom is -0.493 e. The van der Waals surface area contributed by atoms with Crippen molar-refractivity contribution in [2.45, 2.75) is 13.0 Å². The monoisotopic (exact) mass is 280 g/mol. The quantitative estimate of drug-likeness (QED) is 0.916. The molecule has 1 unspecified atom stereocenters. The van der Waals surface area contributed by atoms with Crippen molar-refractivity contribution in [3.05, 3.63) is 18.2 Å². The molecule has 1 aliphatic rings. The first-order valence-corrected chi connectivity index (χ1v) is 6.53. The van der Waals surface area contributed by atoms with Gasteiger partial charge in [-0.05, 0) is 19.1 Å². The number of ether oxygens (including phenoxy) is 2. The largest absolute Gasteiger partial charge is 0.493 e. The van der Waals surface area contributed by atoms with E-state index >= 15 is 0 Å². The highest BCUT2D eigenvalue weighted by Crippen LogP contribution is 2.32. The lowest BCUT2D eigenvalue weighted by atomic mass is 10.1. The van der Waals surface area contributed by atoms with Gasteiger partial charge in [0.1, 0.15) is 0 Å². The van der Waals surface area contributed by atoms with E-state index in [9.17, 15) is 4.79 Å². The van der Waals surface area contributed by atoms with Crippen LogP contribution < -0.4 is 14.4 Å². The number of piperazine rings is 1. The zero-order valence-electron chi connectivity index (χ0n) is 12.0. The van der Waals surface area contributed by atoms with Gasteiger partial charge in [0.2, 0.25) is 0 Å². The molecule has 0 spiro atoms. The van der Waals surface area contributed by atoms with Crippen molar-refractivity contribution in [1.29, 1.82) is 0 Å². The van der Waals surface area contributed by atoms with Crippen molar-refractivity contribution in [1.82, 2.24) is 4.90 Å². The van der Waals surface area contributed by atoms with E-state index in [4.69, 9.17) is 14.6 Å².